The van der Waals surface area contributed by atoms with Crippen LogP contribution in [-0.2, 0) is 9.53 Å². The Labute approximate surface area is 126 Å². The zero-order valence-corrected chi connectivity index (χ0v) is 12.9. The molecular weight excluding hydrogens is 266 g/mol. The van der Waals surface area contributed by atoms with Crippen LogP contribution in [0.5, 0.6) is 0 Å². The van der Waals surface area contributed by atoms with E-state index in [1.807, 2.05) is 38.1 Å². The van der Waals surface area contributed by atoms with E-state index in [-0.39, 0.29) is 5.91 Å². The number of nitrogens with one attached hydrogen (secondary N) is 1. The average Bonchev–Trinajstić information content (AvgIpc) is 2.55. The number of rotatable bonds is 5. The summed E-state index contributed by atoms with van der Waals surface area (Å²) in [6.45, 7) is 7.36. The number of amides is 1. The van der Waals surface area contributed by atoms with Crippen LogP contribution in [0, 0.1) is 5.41 Å². The number of hydrogen-bond donors (Lipinski definition) is 2. The fourth-order valence-corrected chi connectivity index (χ4v) is 2.33. The molecule has 0 bridgehead atoms. The number of nitrogens with two attached hydrogens (primary N) is 1. The summed E-state index contributed by atoms with van der Waals surface area (Å²) in [6, 6.07) is 7.90. The first kappa shape index (κ1) is 15.8. The quantitative estimate of drug-likeness (QED) is 0.868. The van der Waals surface area contributed by atoms with Gasteiger partial charge in [0.25, 0.3) is 0 Å². The zero-order valence-electron chi connectivity index (χ0n) is 12.9. The summed E-state index contributed by atoms with van der Waals surface area (Å²) in [6.07, 6.45) is 0.717. The molecule has 1 aromatic carbocycles. The van der Waals surface area contributed by atoms with Crippen LogP contribution in [0.4, 0.5) is 11.4 Å². The van der Waals surface area contributed by atoms with Crippen molar-refractivity contribution in [2.75, 3.05) is 43.1 Å². The van der Waals surface area contributed by atoms with Gasteiger partial charge in [-0.3, -0.25) is 4.79 Å². The van der Waals surface area contributed by atoms with E-state index in [4.69, 9.17) is 10.5 Å². The number of ether oxygens (including phenoxy) is 1. The Morgan fingerprint density at radius 2 is 2.05 bits per heavy atom. The maximum Gasteiger partial charge on any atom is 0.231 e. The molecule has 2 rings (SSSR count). The smallest absolute Gasteiger partial charge is 0.231 e. The van der Waals surface area contributed by atoms with E-state index < -0.39 is 5.41 Å². The molecule has 1 heterocycles. The number of morpholine rings is 1. The first-order chi connectivity index (χ1) is 10.1. The summed E-state index contributed by atoms with van der Waals surface area (Å²) in [5.74, 6) is -0.0202. The van der Waals surface area contributed by atoms with Gasteiger partial charge in [0.1, 0.15) is 0 Å². The number of nitrogens with zero attached hydrogens (tertiary/aromatic N) is 1. The Morgan fingerprint density at radius 3 is 2.67 bits per heavy atom. The molecular formula is C16H25N3O2. The van der Waals surface area contributed by atoms with Gasteiger partial charge in [-0.2, -0.15) is 0 Å². The van der Waals surface area contributed by atoms with Gasteiger partial charge in [0, 0.05) is 19.6 Å². The standard InChI is InChI=1S/C16H25N3O2/c1-3-16(2,12-17)15(20)18-13-6-4-5-7-14(13)19-8-10-21-11-9-19/h4-7H,3,8-12,17H2,1-2H3,(H,18,20). The first-order valence-electron chi connectivity index (χ1n) is 7.54. The van der Waals surface area contributed by atoms with Crippen LogP contribution in [0.1, 0.15) is 20.3 Å². The van der Waals surface area contributed by atoms with Gasteiger partial charge < -0.3 is 20.7 Å². The average molecular weight is 291 g/mol. The molecule has 1 amide bonds. The molecule has 1 aromatic rings. The second-order valence-electron chi connectivity index (χ2n) is 5.69. The van der Waals surface area contributed by atoms with Gasteiger partial charge in [0.15, 0.2) is 0 Å². The van der Waals surface area contributed by atoms with E-state index in [2.05, 4.69) is 10.2 Å². The van der Waals surface area contributed by atoms with Gasteiger partial charge in [0.2, 0.25) is 5.91 Å². The summed E-state index contributed by atoms with van der Waals surface area (Å²) in [7, 11) is 0. The molecule has 21 heavy (non-hydrogen) atoms. The molecule has 0 aromatic heterocycles. The molecule has 3 N–H and O–H groups in total. The minimum Gasteiger partial charge on any atom is -0.378 e. The van der Waals surface area contributed by atoms with E-state index in [9.17, 15) is 4.79 Å². The topological polar surface area (TPSA) is 67.6 Å². The predicted octanol–water partition coefficient (Wildman–Crippen LogP) is 1.84. The summed E-state index contributed by atoms with van der Waals surface area (Å²) >= 11 is 0. The molecule has 1 unspecified atom stereocenters. The van der Waals surface area contributed by atoms with Gasteiger partial charge in [-0.1, -0.05) is 19.1 Å². The van der Waals surface area contributed by atoms with Crippen molar-refractivity contribution >= 4 is 17.3 Å². The molecule has 5 nitrogen and oxygen atoms in total. The number of carbonyl (C=O) groups is 1. The highest BCUT2D eigenvalue weighted by Gasteiger charge is 2.30. The number of benzene rings is 1. The van der Waals surface area contributed by atoms with Crippen molar-refractivity contribution in [1.29, 1.82) is 0 Å². The zero-order chi connectivity index (χ0) is 15.3. The van der Waals surface area contributed by atoms with Crippen molar-refractivity contribution in [2.24, 2.45) is 11.1 Å². The van der Waals surface area contributed by atoms with Crippen molar-refractivity contribution in [3.8, 4) is 0 Å². The van der Waals surface area contributed by atoms with Gasteiger partial charge in [-0.15, -0.1) is 0 Å². The minimum absolute atomic E-state index is 0.0202. The second kappa shape index (κ2) is 6.91. The lowest BCUT2D eigenvalue weighted by atomic mass is 9.86. The van der Waals surface area contributed by atoms with Crippen LogP contribution in [0.15, 0.2) is 24.3 Å². The van der Waals surface area contributed by atoms with Crippen LogP contribution in [0.2, 0.25) is 0 Å². The normalized spacial score (nSPS) is 18.1. The third-order valence-corrected chi connectivity index (χ3v) is 4.28. The summed E-state index contributed by atoms with van der Waals surface area (Å²) in [5.41, 5.74) is 7.13. The molecule has 1 fully saturated rings. The number of hydrogen-bond acceptors (Lipinski definition) is 4. The molecule has 0 aliphatic carbocycles. The lowest BCUT2D eigenvalue weighted by Gasteiger charge is -2.31. The predicted molar refractivity (Wildman–Crippen MR) is 85.6 cm³/mol. The molecule has 1 saturated heterocycles. The molecule has 0 spiro atoms. The van der Waals surface area contributed by atoms with Crippen LogP contribution in [0.3, 0.4) is 0 Å². The first-order valence-corrected chi connectivity index (χ1v) is 7.54. The SMILES string of the molecule is CCC(C)(CN)C(=O)Nc1ccccc1N1CCOCC1. The lowest BCUT2D eigenvalue weighted by molar-refractivity contribution is -0.124. The van der Waals surface area contributed by atoms with Crippen LogP contribution in [-0.4, -0.2) is 38.8 Å². The van der Waals surface area contributed by atoms with E-state index in [1.54, 1.807) is 0 Å². The maximum atomic E-state index is 12.5. The third kappa shape index (κ3) is 3.54. The van der Waals surface area contributed by atoms with Crippen molar-refractivity contribution < 1.29 is 9.53 Å². The van der Waals surface area contributed by atoms with Crippen LogP contribution in [0.25, 0.3) is 0 Å². The van der Waals surface area contributed by atoms with Gasteiger partial charge in [0.05, 0.1) is 30.0 Å². The molecule has 1 aliphatic rings. The minimum atomic E-state index is -0.530. The lowest BCUT2D eigenvalue weighted by Crippen LogP contribution is -2.40. The van der Waals surface area contributed by atoms with E-state index >= 15 is 0 Å². The molecule has 5 heteroatoms. The monoisotopic (exact) mass is 291 g/mol. The Balaban J connectivity index is 2.18. The fourth-order valence-electron chi connectivity index (χ4n) is 2.33. The fraction of sp³-hybridized carbons (Fsp3) is 0.562. The Bertz CT molecular complexity index is 480. The van der Waals surface area contributed by atoms with E-state index in [1.165, 1.54) is 0 Å². The van der Waals surface area contributed by atoms with Crippen molar-refractivity contribution in [3.63, 3.8) is 0 Å². The van der Waals surface area contributed by atoms with Crippen molar-refractivity contribution in [1.82, 2.24) is 0 Å². The summed E-state index contributed by atoms with van der Waals surface area (Å²) < 4.78 is 5.39. The Kier molecular flexibility index (Phi) is 5.20. The molecule has 0 saturated carbocycles. The van der Waals surface area contributed by atoms with Crippen molar-refractivity contribution in [2.45, 2.75) is 20.3 Å². The number of carbonyl (C=O) groups excluding carboxylic acids is 1. The van der Waals surface area contributed by atoms with E-state index in [0.717, 1.165) is 44.1 Å². The Hall–Kier alpha value is -1.59. The van der Waals surface area contributed by atoms with Gasteiger partial charge >= 0.3 is 0 Å². The van der Waals surface area contributed by atoms with E-state index in [0.29, 0.717) is 6.54 Å². The highest BCUT2D eigenvalue weighted by atomic mass is 16.5. The number of para-hydroxylation sites is 2. The third-order valence-electron chi connectivity index (χ3n) is 4.28. The Morgan fingerprint density at radius 1 is 1.38 bits per heavy atom. The maximum absolute atomic E-state index is 12.5. The number of anilines is 2. The van der Waals surface area contributed by atoms with Gasteiger partial charge in [-0.25, -0.2) is 0 Å². The second-order valence-corrected chi connectivity index (χ2v) is 5.69. The molecule has 0 radical (unpaired) electrons. The molecule has 1 aliphatic heterocycles. The highest BCUT2D eigenvalue weighted by Crippen LogP contribution is 2.29. The summed E-state index contributed by atoms with van der Waals surface area (Å²) in [4.78, 5) is 14.7. The largest absolute Gasteiger partial charge is 0.378 e. The van der Waals surface area contributed by atoms with Crippen molar-refractivity contribution in [3.05, 3.63) is 24.3 Å². The summed E-state index contributed by atoms with van der Waals surface area (Å²) in [5, 5.41) is 3.05. The molecule has 116 valence electrons. The van der Waals surface area contributed by atoms with Crippen LogP contribution >= 0.6 is 0 Å². The molecule has 1 atom stereocenters. The van der Waals surface area contributed by atoms with Crippen LogP contribution < -0.4 is 16.0 Å². The van der Waals surface area contributed by atoms with Gasteiger partial charge in [-0.05, 0) is 25.5 Å². The highest BCUT2D eigenvalue weighted by molar-refractivity contribution is 5.98.